The molecule has 1 aromatic heterocycles. The zero-order valence-electron chi connectivity index (χ0n) is 14.6. The number of rotatable bonds is 5. The van der Waals surface area contributed by atoms with Gasteiger partial charge in [0.25, 0.3) is 0 Å². The average molecular weight is 341 g/mol. The van der Waals surface area contributed by atoms with E-state index in [-0.39, 0.29) is 5.92 Å². The van der Waals surface area contributed by atoms with Crippen LogP contribution in [0.1, 0.15) is 24.1 Å². The summed E-state index contributed by atoms with van der Waals surface area (Å²) in [7, 11) is 0. The van der Waals surface area contributed by atoms with Crippen molar-refractivity contribution < 1.29 is 9.53 Å². The molecule has 0 amide bonds. The van der Waals surface area contributed by atoms with Crippen molar-refractivity contribution in [3.63, 3.8) is 0 Å². The number of hydrogen-bond acceptors (Lipinski definition) is 3. The van der Waals surface area contributed by atoms with E-state index in [4.69, 9.17) is 4.74 Å². The average Bonchev–Trinajstić information content (AvgIpc) is 2.71. The van der Waals surface area contributed by atoms with Crippen LogP contribution in [0.25, 0.3) is 21.7 Å². The lowest BCUT2D eigenvalue weighted by Gasteiger charge is -2.09. The van der Waals surface area contributed by atoms with Gasteiger partial charge < -0.3 is 9.53 Å². The maximum Gasteiger partial charge on any atom is 0.130 e. The number of nitrogens with zero attached hydrogens (tertiary/aromatic N) is 1. The van der Waals surface area contributed by atoms with Crippen LogP contribution in [0, 0.1) is 0 Å². The number of aldehydes is 1. The highest BCUT2D eigenvalue weighted by molar-refractivity contribution is 5.85. The summed E-state index contributed by atoms with van der Waals surface area (Å²) in [5, 5.41) is 3.32. The number of benzene rings is 3. The summed E-state index contributed by atoms with van der Waals surface area (Å²) < 4.78 is 5.93. The lowest BCUT2D eigenvalue weighted by molar-refractivity contribution is -0.108. The third-order valence-corrected chi connectivity index (χ3v) is 4.61. The van der Waals surface area contributed by atoms with E-state index >= 15 is 0 Å². The second kappa shape index (κ2) is 6.96. The molecule has 0 fully saturated rings. The van der Waals surface area contributed by atoms with E-state index in [2.05, 4.69) is 23.2 Å². The molecular formula is C23H19NO2. The predicted molar refractivity (Wildman–Crippen MR) is 105 cm³/mol. The Morgan fingerprint density at radius 2 is 1.69 bits per heavy atom. The fourth-order valence-corrected chi connectivity index (χ4v) is 3.04. The molecule has 0 radical (unpaired) electrons. The summed E-state index contributed by atoms with van der Waals surface area (Å²) in [5.41, 5.74) is 2.91. The van der Waals surface area contributed by atoms with Crippen LogP contribution < -0.4 is 4.74 Å². The van der Waals surface area contributed by atoms with Crippen molar-refractivity contribution in [3.05, 3.63) is 84.1 Å². The number of ether oxygens (including phenoxy) is 1. The van der Waals surface area contributed by atoms with Crippen molar-refractivity contribution >= 4 is 28.0 Å². The molecule has 0 unspecified atom stereocenters. The van der Waals surface area contributed by atoms with E-state index in [9.17, 15) is 4.79 Å². The van der Waals surface area contributed by atoms with Gasteiger partial charge in [-0.05, 0) is 40.6 Å². The quantitative estimate of drug-likeness (QED) is 0.464. The van der Waals surface area contributed by atoms with Crippen LogP contribution in [0.5, 0.6) is 5.75 Å². The lowest BCUT2D eigenvalue weighted by Crippen LogP contribution is -1.98. The first-order valence-corrected chi connectivity index (χ1v) is 8.69. The van der Waals surface area contributed by atoms with Crippen LogP contribution in [0.15, 0.2) is 72.8 Å². The minimum Gasteiger partial charge on any atom is -0.487 e. The molecule has 0 saturated heterocycles. The van der Waals surface area contributed by atoms with Crippen LogP contribution in [-0.4, -0.2) is 11.3 Å². The van der Waals surface area contributed by atoms with Crippen LogP contribution in [0.3, 0.4) is 0 Å². The predicted octanol–water partition coefficient (Wildman–Crippen LogP) is 5.27. The number of carbonyl (C=O) groups is 1. The SMILES string of the molecule is C[C@H](C=O)c1ccc2cc(OCc3ccc4ccccc4n3)ccc2c1. The molecule has 0 bridgehead atoms. The molecule has 128 valence electrons. The van der Waals surface area contributed by atoms with E-state index < -0.39 is 0 Å². The van der Waals surface area contributed by atoms with Crippen molar-refractivity contribution in [2.24, 2.45) is 0 Å². The maximum atomic E-state index is 11.0. The first-order chi connectivity index (χ1) is 12.7. The number of aromatic nitrogens is 1. The molecule has 1 atom stereocenters. The molecule has 4 rings (SSSR count). The minimum atomic E-state index is -0.0886. The third-order valence-electron chi connectivity index (χ3n) is 4.61. The highest BCUT2D eigenvalue weighted by atomic mass is 16.5. The van der Waals surface area contributed by atoms with Crippen LogP contribution in [0.4, 0.5) is 0 Å². The van der Waals surface area contributed by atoms with Crippen LogP contribution >= 0.6 is 0 Å². The molecular weight excluding hydrogens is 322 g/mol. The van der Waals surface area contributed by atoms with Gasteiger partial charge >= 0.3 is 0 Å². The standard InChI is InChI=1S/C23H19NO2/c1-16(14-25)18-6-7-20-13-22(11-9-19(20)12-18)26-15-21-10-8-17-4-2-3-5-23(17)24-21/h2-14,16H,15H2,1H3/t16-/m1/s1. The Labute approximate surface area is 152 Å². The Balaban J connectivity index is 1.53. The van der Waals surface area contributed by atoms with Crippen molar-refractivity contribution in [3.8, 4) is 5.75 Å². The van der Waals surface area contributed by atoms with Gasteiger partial charge in [-0.25, -0.2) is 4.98 Å². The Hall–Kier alpha value is -3.20. The smallest absolute Gasteiger partial charge is 0.130 e. The molecule has 0 aliphatic heterocycles. The fourth-order valence-electron chi connectivity index (χ4n) is 3.04. The molecule has 0 spiro atoms. The second-order valence-corrected chi connectivity index (χ2v) is 6.48. The lowest BCUT2D eigenvalue weighted by atomic mass is 9.99. The van der Waals surface area contributed by atoms with Crippen LogP contribution in [0.2, 0.25) is 0 Å². The number of fused-ring (bicyclic) bond motifs is 2. The summed E-state index contributed by atoms with van der Waals surface area (Å²) in [5.74, 6) is 0.720. The molecule has 0 saturated carbocycles. The molecule has 0 aliphatic carbocycles. The fraction of sp³-hybridized carbons (Fsp3) is 0.130. The second-order valence-electron chi connectivity index (χ2n) is 6.48. The third kappa shape index (κ3) is 3.29. The van der Waals surface area contributed by atoms with Gasteiger partial charge in [-0.1, -0.05) is 55.5 Å². The van der Waals surface area contributed by atoms with E-state index in [1.54, 1.807) is 0 Å². The Kier molecular flexibility index (Phi) is 4.36. The number of carbonyl (C=O) groups excluding carboxylic acids is 1. The molecule has 0 N–H and O–H groups in total. The number of para-hydroxylation sites is 1. The maximum absolute atomic E-state index is 11.0. The van der Waals surface area contributed by atoms with Gasteiger partial charge in [-0.3, -0.25) is 0 Å². The minimum absolute atomic E-state index is 0.0886. The zero-order chi connectivity index (χ0) is 17.9. The normalized spacial score (nSPS) is 12.2. The van der Waals surface area contributed by atoms with Gasteiger partial charge in [0.05, 0.1) is 11.2 Å². The van der Waals surface area contributed by atoms with Crippen molar-refractivity contribution in [1.29, 1.82) is 0 Å². The van der Waals surface area contributed by atoms with E-state index in [0.717, 1.165) is 45.0 Å². The Morgan fingerprint density at radius 3 is 2.58 bits per heavy atom. The summed E-state index contributed by atoms with van der Waals surface area (Å²) in [6.45, 7) is 2.33. The monoisotopic (exact) mass is 341 g/mol. The topological polar surface area (TPSA) is 39.2 Å². The van der Waals surface area contributed by atoms with E-state index in [1.165, 1.54) is 0 Å². The van der Waals surface area contributed by atoms with E-state index in [1.807, 2.05) is 61.5 Å². The van der Waals surface area contributed by atoms with Gasteiger partial charge in [0.1, 0.15) is 18.6 Å². The van der Waals surface area contributed by atoms with E-state index in [0.29, 0.717) is 6.61 Å². The number of pyridine rings is 1. The van der Waals surface area contributed by atoms with Crippen LogP contribution in [-0.2, 0) is 11.4 Å². The summed E-state index contributed by atoms with van der Waals surface area (Å²) >= 11 is 0. The first kappa shape index (κ1) is 16.3. The van der Waals surface area contributed by atoms with Crippen molar-refractivity contribution in [1.82, 2.24) is 4.98 Å². The molecule has 4 aromatic rings. The van der Waals surface area contributed by atoms with Gasteiger partial charge in [-0.15, -0.1) is 0 Å². The molecule has 0 aliphatic rings. The summed E-state index contributed by atoms with van der Waals surface area (Å²) in [6, 6.07) is 24.2. The number of hydrogen-bond donors (Lipinski definition) is 0. The first-order valence-electron chi connectivity index (χ1n) is 8.69. The highest BCUT2D eigenvalue weighted by Gasteiger charge is 2.06. The Bertz CT molecular complexity index is 1090. The van der Waals surface area contributed by atoms with Crippen molar-refractivity contribution in [2.75, 3.05) is 0 Å². The summed E-state index contributed by atoms with van der Waals surface area (Å²) in [4.78, 5) is 15.6. The Morgan fingerprint density at radius 1 is 0.923 bits per heavy atom. The van der Waals surface area contributed by atoms with Gasteiger partial charge in [0.15, 0.2) is 0 Å². The molecule has 3 heteroatoms. The molecule has 1 heterocycles. The van der Waals surface area contributed by atoms with Gasteiger partial charge in [0, 0.05) is 11.3 Å². The van der Waals surface area contributed by atoms with Crippen molar-refractivity contribution in [2.45, 2.75) is 19.4 Å². The molecule has 3 nitrogen and oxygen atoms in total. The molecule has 3 aromatic carbocycles. The summed E-state index contributed by atoms with van der Waals surface area (Å²) in [6.07, 6.45) is 0.967. The van der Waals surface area contributed by atoms with Gasteiger partial charge in [0.2, 0.25) is 0 Å². The molecule has 26 heavy (non-hydrogen) atoms. The largest absolute Gasteiger partial charge is 0.487 e. The van der Waals surface area contributed by atoms with Gasteiger partial charge in [-0.2, -0.15) is 0 Å². The zero-order valence-corrected chi connectivity index (χ0v) is 14.6. The highest BCUT2D eigenvalue weighted by Crippen LogP contribution is 2.25.